The normalized spacial score (nSPS) is 11.3. The Bertz CT molecular complexity index is 1010. The highest BCUT2D eigenvalue weighted by Crippen LogP contribution is 2.14. The van der Waals surface area contributed by atoms with Gasteiger partial charge >= 0.3 is 5.97 Å². The van der Waals surface area contributed by atoms with Gasteiger partial charge in [0, 0.05) is 6.92 Å². The monoisotopic (exact) mass is 361 g/mol. The molecule has 0 fully saturated rings. The number of aromatic nitrogens is 2. The van der Waals surface area contributed by atoms with E-state index in [0.717, 1.165) is 16.6 Å². The van der Waals surface area contributed by atoms with Gasteiger partial charge in [-0.3, -0.25) is 4.79 Å². The SMILES string of the molecule is CC(=O)N/C(=C\c1ccccc1)C(=O)OCc1nc2ccccc2nc1C. The van der Waals surface area contributed by atoms with Gasteiger partial charge in [-0.05, 0) is 30.7 Å². The number of benzene rings is 2. The molecule has 1 heterocycles. The summed E-state index contributed by atoms with van der Waals surface area (Å²) in [4.78, 5) is 32.9. The Balaban J connectivity index is 1.79. The fourth-order valence-corrected chi connectivity index (χ4v) is 2.52. The van der Waals surface area contributed by atoms with Crippen molar-refractivity contribution in [2.45, 2.75) is 20.5 Å². The van der Waals surface area contributed by atoms with Crippen molar-refractivity contribution in [2.24, 2.45) is 0 Å². The summed E-state index contributed by atoms with van der Waals surface area (Å²) in [5.41, 5.74) is 3.63. The predicted molar refractivity (Wildman–Crippen MR) is 102 cm³/mol. The third-order valence-corrected chi connectivity index (χ3v) is 3.82. The second kappa shape index (κ2) is 8.23. The molecule has 1 aromatic heterocycles. The zero-order valence-corrected chi connectivity index (χ0v) is 15.1. The minimum atomic E-state index is -0.636. The number of hydrogen-bond acceptors (Lipinski definition) is 5. The summed E-state index contributed by atoms with van der Waals surface area (Å²) >= 11 is 0. The Kier molecular flexibility index (Phi) is 5.56. The molecule has 1 N–H and O–H groups in total. The first kappa shape index (κ1) is 18.3. The first-order valence-electron chi connectivity index (χ1n) is 8.46. The number of nitrogens with one attached hydrogen (secondary N) is 1. The zero-order chi connectivity index (χ0) is 19.2. The van der Waals surface area contributed by atoms with Gasteiger partial charge in [-0.25, -0.2) is 14.8 Å². The third kappa shape index (κ3) is 4.76. The lowest BCUT2D eigenvalue weighted by molar-refractivity contribution is -0.141. The molecule has 0 atom stereocenters. The smallest absolute Gasteiger partial charge is 0.355 e. The van der Waals surface area contributed by atoms with Gasteiger partial charge in [-0.15, -0.1) is 0 Å². The van der Waals surface area contributed by atoms with Crippen LogP contribution in [-0.4, -0.2) is 21.8 Å². The number of rotatable bonds is 5. The van der Waals surface area contributed by atoms with Gasteiger partial charge in [0.25, 0.3) is 0 Å². The van der Waals surface area contributed by atoms with Crippen LogP contribution in [-0.2, 0) is 20.9 Å². The highest BCUT2D eigenvalue weighted by atomic mass is 16.5. The molecule has 0 aliphatic carbocycles. The van der Waals surface area contributed by atoms with Crippen LogP contribution in [0, 0.1) is 6.92 Å². The average Bonchev–Trinajstić information content (AvgIpc) is 2.66. The van der Waals surface area contributed by atoms with E-state index in [1.807, 2.05) is 61.5 Å². The molecule has 3 aromatic rings. The molecule has 0 bridgehead atoms. The fraction of sp³-hybridized carbons (Fsp3) is 0.143. The lowest BCUT2D eigenvalue weighted by Gasteiger charge is -2.10. The fourth-order valence-electron chi connectivity index (χ4n) is 2.52. The molecule has 0 aliphatic rings. The van der Waals surface area contributed by atoms with Crippen LogP contribution in [0.2, 0.25) is 0 Å². The van der Waals surface area contributed by atoms with E-state index >= 15 is 0 Å². The van der Waals surface area contributed by atoms with Gasteiger partial charge in [0.2, 0.25) is 5.91 Å². The van der Waals surface area contributed by atoms with Crippen molar-refractivity contribution in [1.82, 2.24) is 15.3 Å². The molecular formula is C21H19N3O3. The summed E-state index contributed by atoms with van der Waals surface area (Å²) in [5, 5.41) is 2.52. The highest BCUT2D eigenvalue weighted by Gasteiger charge is 2.15. The van der Waals surface area contributed by atoms with E-state index in [1.165, 1.54) is 6.92 Å². The quantitative estimate of drug-likeness (QED) is 0.558. The summed E-state index contributed by atoms with van der Waals surface area (Å²) in [6.45, 7) is 3.12. The molecule has 6 nitrogen and oxygen atoms in total. The van der Waals surface area contributed by atoms with Gasteiger partial charge in [0.15, 0.2) is 0 Å². The molecule has 0 aliphatic heterocycles. The summed E-state index contributed by atoms with van der Waals surface area (Å²) in [5.74, 6) is -0.987. The van der Waals surface area contributed by atoms with Gasteiger partial charge in [-0.1, -0.05) is 42.5 Å². The number of para-hydroxylation sites is 2. The second-order valence-electron chi connectivity index (χ2n) is 5.97. The molecule has 0 saturated carbocycles. The van der Waals surface area contributed by atoms with Crippen molar-refractivity contribution >= 4 is 29.0 Å². The van der Waals surface area contributed by atoms with Crippen LogP contribution in [0.5, 0.6) is 0 Å². The second-order valence-corrected chi connectivity index (χ2v) is 5.97. The van der Waals surface area contributed by atoms with E-state index in [4.69, 9.17) is 4.74 Å². The lowest BCUT2D eigenvalue weighted by Crippen LogP contribution is -2.26. The number of carbonyl (C=O) groups excluding carboxylic acids is 2. The van der Waals surface area contributed by atoms with Crippen molar-refractivity contribution in [2.75, 3.05) is 0 Å². The Morgan fingerprint density at radius 2 is 1.63 bits per heavy atom. The maximum atomic E-state index is 12.5. The van der Waals surface area contributed by atoms with Crippen LogP contribution >= 0.6 is 0 Å². The Labute approximate surface area is 156 Å². The molecule has 2 aromatic carbocycles. The number of carbonyl (C=O) groups is 2. The van der Waals surface area contributed by atoms with Crippen LogP contribution < -0.4 is 5.32 Å². The van der Waals surface area contributed by atoms with E-state index in [0.29, 0.717) is 11.4 Å². The summed E-state index contributed by atoms with van der Waals surface area (Å²) < 4.78 is 5.37. The van der Waals surface area contributed by atoms with Gasteiger partial charge in [-0.2, -0.15) is 0 Å². The largest absolute Gasteiger partial charge is 0.454 e. The molecule has 0 radical (unpaired) electrons. The van der Waals surface area contributed by atoms with Gasteiger partial charge in [0.1, 0.15) is 12.3 Å². The average molecular weight is 361 g/mol. The molecule has 27 heavy (non-hydrogen) atoms. The van der Waals surface area contributed by atoms with E-state index in [9.17, 15) is 9.59 Å². The van der Waals surface area contributed by atoms with Crippen LogP contribution in [0.4, 0.5) is 0 Å². The van der Waals surface area contributed by atoms with Gasteiger partial charge < -0.3 is 10.1 Å². The molecular weight excluding hydrogens is 342 g/mol. The van der Waals surface area contributed by atoms with Gasteiger partial charge in [0.05, 0.1) is 22.4 Å². The number of esters is 1. The van der Waals surface area contributed by atoms with E-state index in [1.54, 1.807) is 6.08 Å². The molecule has 0 unspecified atom stereocenters. The number of aryl methyl sites for hydroxylation is 1. The standard InChI is InChI=1S/C21H19N3O3/c1-14-20(24-18-11-7-6-10-17(18)22-14)13-27-21(26)19(23-15(2)25)12-16-8-4-3-5-9-16/h3-12H,13H2,1-2H3,(H,23,25)/b19-12-. The molecule has 0 spiro atoms. The van der Waals surface area contributed by atoms with E-state index < -0.39 is 5.97 Å². The van der Waals surface area contributed by atoms with Crippen LogP contribution in [0.25, 0.3) is 17.1 Å². The summed E-state index contributed by atoms with van der Waals surface area (Å²) in [7, 11) is 0. The maximum Gasteiger partial charge on any atom is 0.355 e. The van der Waals surface area contributed by atoms with Crippen molar-refractivity contribution in [3.63, 3.8) is 0 Å². The molecule has 3 rings (SSSR count). The number of nitrogens with zero attached hydrogens (tertiary/aromatic N) is 2. The summed E-state index contributed by atoms with van der Waals surface area (Å²) in [6, 6.07) is 16.7. The predicted octanol–water partition coefficient (Wildman–Crippen LogP) is 3.16. The number of amides is 1. The van der Waals surface area contributed by atoms with E-state index in [2.05, 4.69) is 15.3 Å². The Hall–Kier alpha value is -3.54. The molecule has 6 heteroatoms. The van der Waals surface area contributed by atoms with Crippen LogP contribution in [0.15, 0.2) is 60.3 Å². The minimum absolute atomic E-state index is 0.0335. The van der Waals surface area contributed by atoms with E-state index in [-0.39, 0.29) is 18.2 Å². The van der Waals surface area contributed by atoms with Crippen molar-refractivity contribution in [3.8, 4) is 0 Å². The van der Waals surface area contributed by atoms with Crippen molar-refractivity contribution < 1.29 is 14.3 Å². The number of hydrogen-bond donors (Lipinski definition) is 1. The van der Waals surface area contributed by atoms with Crippen molar-refractivity contribution in [3.05, 3.63) is 77.2 Å². The molecule has 136 valence electrons. The molecule has 1 amide bonds. The van der Waals surface area contributed by atoms with Crippen LogP contribution in [0.3, 0.4) is 0 Å². The van der Waals surface area contributed by atoms with Crippen LogP contribution in [0.1, 0.15) is 23.9 Å². The number of fused-ring (bicyclic) bond motifs is 1. The topological polar surface area (TPSA) is 81.2 Å². The number of ether oxygens (including phenoxy) is 1. The first-order valence-corrected chi connectivity index (χ1v) is 8.46. The minimum Gasteiger partial charge on any atom is -0.454 e. The Morgan fingerprint density at radius 1 is 1.00 bits per heavy atom. The summed E-state index contributed by atoms with van der Waals surface area (Å²) in [6.07, 6.45) is 1.57. The third-order valence-electron chi connectivity index (χ3n) is 3.82. The Morgan fingerprint density at radius 3 is 2.30 bits per heavy atom. The molecule has 0 saturated heterocycles. The highest BCUT2D eigenvalue weighted by molar-refractivity contribution is 5.97. The lowest BCUT2D eigenvalue weighted by atomic mass is 10.2. The maximum absolute atomic E-state index is 12.5. The first-order chi connectivity index (χ1) is 13.0. The zero-order valence-electron chi connectivity index (χ0n) is 15.1. The van der Waals surface area contributed by atoms with Crippen molar-refractivity contribution in [1.29, 1.82) is 0 Å².